The first-order chi connectivity index (χ1) is 10.4. The van der Waals surface area contributed by atoms with E-state index in [-0.39, 0.29) is 17.0 Å². The quantitative estimate of drug-likeness (QED) is 0.878. The van der Waals surface area contributed by atoms with E-state index in [2.05, 4.69) is 31.2 Å². The van der Waals surface area contributed by atoms with Gasteiger partial charge in [0, 0.05) is 13.1 Å². The average Bonchev–Trinajstić information content (AvgIpc) is 2.47. The number of alkyl halides is 2. The van der Waals surface area contributed by atoms with Crippen LogP contribution in [0.2, 0.25) is 0 Å². The van der Waals surface area contributed by atoms with Gasteiger partial charge in [0.2, 0.25) is 5.95 Å². The smallest absolute Gasteiger partial charge is 0.414 e. The molecular formula is C14H12BrF2N3O2. The first-order valence-electron chi connectivity index (χ1n) is 6.25. The van der Waals surface area contributed by atoms with E-state index in [4.69, 9.17) is 4.74 Å². The SMILES string of the molecule is CC(F)(F)c1nc(NC(=O)OCc2ccccc2)ncc1Br. The number of aromatic nitrogens is 2. The van der Waals surface area contributed by atoms with Gasteiger partial charge in [-0.1, -0.05) is 30.3 Å². The Hall–Kier alpha value is -2.09. The number of hydrogen-bond donors (Lipinski definition) is 1. The number of halogens is 3. The minimum Gasteiger partial charge on any atom is -0.444 e. The van der Waals surface area contributed by atoms with Gasteiger partial charge in [0.15, 0.2) is 0 Å². The lowest BCUT2D eigenvalue weighted by molar-refractivity contribution is 0.0119. The number of carbonyl (C=O) groups is 1. The van der Waals surface area contributed by atoms with Crippen LogP contribution in [-0.2, 0) is 17.3 Å². The molecule has 0 aliphatic heterocycles. The highest BCUT2D eigenvalue weighted by molar-refractivity contribution is 9.10. The minimum atomic E-state index is -3.16. The summed E-state index contributed by atoms with van der Waals surface area (Å²) in [5.74, 6) is -3.41. The number of hydrogen-bond acceptors (Lipinski definition) is 4. The maximum absolute atomic E-state index is 13.3. The zero-order valence-electron chi connectivity index (χ0n) is 11.5. The van der Waals surface area contributed by atoms with Crippen molar-refractivity contribution in [2.75, 3.05) is 5.32 Å². The third-order valence-corrected chi connectivity index (χ3v) is 3.17. The van der Waals surface area contributed by atoms with Crippen LogP contribution in [0.3, 0.4) is 0 Å². The van der Waals surface area contributed by atoms with Gasteiger partial charge in [-0.15, -0.1) is 0 Å². The Morgan fingerprint density at radius 1 is 1.36 bits per heavy atom. The van der Waals surface area contributed by atoms with Crippen molar-refractivity contribution >= 4 is 28.0 Å². The van der Waals surface area contributed by atoms with Gasteiger partial charge in [0.05, 0.1) is 4.47 Å². The maximum Gasteiger partial charge on any atom is 0.414 e. The highest BCUT2D eigenvalue weighted by Gasteiger charge is 2.30. The molecule has 1 aromatic heterocycles. The van der Waals surface area contributed by atoms with E-state index < -0.39 is 17.7 Å². The molecule has 8 heteroatoms. The van der Waals surface area contributed by atoms with Gasteiger partial charge in [-0.3, -0.25) is 5.32 Å². The number of nitrogens with zero attached hydrogens (tertiary/aromatic N) is 2. The van der Waals surface area contributed by atoms with E-state index in [9.17, 15) is 13.6 Å². The topological polar surface area (TPSA) is 64.1 Å². The number of anilines is 1. The van der Waals surface area contributed by atoms with Gasteiger partial charge in [-0.25, -0.2) is 14.8 Å². The number of carbonyl (C=O) groups excluding carboxylic acids is 1. The molecule has 22 heavy (non-hydrogen) atoms. The van der Waals surface area contributed by atoms with Crippen molar-refractivity contribution in [3.63, 3.8) is 0 Å². The van der Waals surface area contributed by atoms with E-state index in [0.717, 1.165) is 11.8 Å². The van der Waals surface area contributed by atoms with Gasteiger partial charge < -0.3 is 4.74 Å². The van der Waals surface area contributed by atoms with Crippen molar-refractivity contribution in [2.45, 2.75) is 19.5 Å². The van der Waals surface area contributed by atoms with Crippen LogP contribution in [0, 0.1) is 0 Å². The van der Waals surface area contributed by atoms with Crippen LogP contribution in [0.25, 0.3) is 0 Å². The number of benzene rings is 1. The number of amides is 1. The van der Waals surface area contributed by atoms with Gasteiger partial charge >= 0.3 is 6.09 Å². The molecule has 0 saturated carbocycles. The largest absolute Gasteiger partial charge is 0.444 e. The monoisotopic (exact) mass is 371 g/mol. The lowest BCUT2D eigenvalue weighted by Gasteiger charge is -2.12. The van der Waals surface area contributed by atoms with E-state index >= 15 is 0 Å². The van der Waals surface area contributed by atoms with E-state index in [0.29, 0.717) is 6.92 Å². The predicted molar refractivity (Wildman–Crippen MR) is 79.5 cm³/mol. The van der Waals surface area contributed by atoms with E-state index in [1.54, 1.807) is 12.1 Å². The molecule has 0 fully saturated rings. The molecule has 1 aromatic carbocycles. The normalized spacial score (nSPS) is 11.1. The van der Waals surface area contributed by atoms with Crippen LogP contribution in [0.15, 0.2) is 41.0 Å². The fourth-order valence-electron chi connectivity index (χ4n) is 1.59. The summed E-state index contributed by atoms with van der Waals surface area (Å²) in [5.41, 5.74) is 0.288. The Morgan fingerprint density at radius 3 is 2.68 bits per heavy atom. The molecule has 0 atom stereocenters. The summed E-state index contributed by atoms with van der Waals surface area (Å²) in [7, 11) is 0. The van der Waals surface area contributed by atoms with Crippen molar-refractivity contribution in [2.24, 2.45) is 0 Å². The number of nitrogens with one attached hydrogen (secondary N) is 1. The lowest BCUT2D eigenvalue weighted by atomic mass is 10.2. The second kappa shape index (κ2) is 6.78. The second-order valence-electron chi connectivity index (χ2n) is 4.47. The summed E-state index contributed by atoms with van der Waals surface area (Å²) in [6.07, 6.45) is 0.323. The Kier molecular flexibility index (Phi) is 5.02. The molecule has 2 rings (SSSR count). The molecule has 1 heterocycles. The Morgan fingerprint density at radius 2 is 2.05 bits per heavy atom. The number of rotatable bonds is 4. The fraction of sp³-hybridized carbons (Fsp3) is 0.214. The van der Waals surface area contributed by atoms with Crippen LogP contribution in [0.4, 0.5) is 19.5 Å². The Balaban J connectivity index is 2.00. The van der Waals surface area contributed by atoms with Gasteiger partial charge in [-0.05, 0) is 21.5 Å². The van der Waals surface area contributed by atoms with Gasteiger partial charge in [0.25, 0.3) is 5.92 Å². The fourth-order valence-corrected chi connectivity index (χ4v) is 2.12. The molecule has 0 unspecified atom stereocenters. The van der Waals surface area contributed by atoms with Crippen LogP contribution >= 0.6 is 15.9 Å². The molecule has 0 spiro atoms. The van der Waals surface area contributed by atoms with Gasteiger partial charge in [0.1, 0.15) is 12.3 Å². The highest BCUT2D eigenvalue weighted by Crippen LogP contribution is 2.31. The van der Waals surface area contributed by atoms with Crippen molar-refractivity contribution in [1.29, 1.82) is 0 Å². The van der Waals surface area contributed by atoms with E-state index in [1.165, 1.54) is 0 Å². The molecule has 0 bridgehead atoms. The van der Waals surface area contributed by atoms with Crippen molar-refractivity contribution in [3.8, 4) is 0 Å². The lowest BCUT2D eigenvalue weighted by Crippen LogP contribution is -2.18. The predicted octanol–water partition coefficient (Wildman–Crippen LogP) is 4.10. The minimum absolute atomic E-state index is 0.0556. The number of ether oxygens (including phenoxy) is 1. The highest BCUT2D eigenvalue weighted by atomic mass is 79.9. The molecule has 0 aliphatic rings. The van der Waals surface area contributed by atoms with E-state index in [1.807, 2.05) is 18.2 Å². The first kappa shape index (κ1) is 16.3. The van der Waals surface area contributed by atoms with Crippen molar-refractivity contribution in [1.82, 2.24) is 9.97 Å². The average molecular weight is 372 g/mol. The summed E-state index contributed by atoms with van der Waals surface area (Å²) in [6.45, 7) is 0.762. The first-order valence-corrected chi connectivity index (χ1v) is 7.04. The second-order valence-corrected chi connectivity index (χ2v) is 5.32. The molecule has 0 radical (unpaired) electrons. The maximum atomic E-state index is 13.3. The zero-order valence-corrected chi connectivity index (χ0v) is 13.1. The molecule has 0 aliphatic carbocycles. The summed E-state index contributed by atoms with van der Waals surface area (Å²) in [6, 6.07) is 9.04. The van der Waals surface area contributed by atoms with Crippen molar-refractivity contribution in [3.05, 3.63) is 52.3 Å². The molecule has 5 nitrogen and oxygen atoms in total. The Labute approximate surface area is 133 Å². The molecule has 1 amide bonds. The summed E-state index contributed by atoms with van der Waals surface area (Å²) in [4.78, 5) is 19.0. The van der Waals surface area contributed by atoms with Gasteiger partial charge in [-0.2, -0.15) is 8.78 Å². The standard InChI is InChI=1S/C14H12BrF2N3O2/c1-14(16,17)11-10(15)7-18-12(19-11)20-13(21)22-8-9-5-3-2-4-6-9/h2-7H,8H2,1H3,(H,18,19,20,21). The van der Waals surface area contributed by atoms with Crippen molar-refractivity contribution < 1.29 is 18.3 Å². The molecule has 0 saturated heterocycles. The van der Waals surface area contributed by atoms with Crippen LogP contribution < -0.4 is 5.32 Å². The summed E-state index contributed by atoms with van der Waals surface area (Å²) >= 11 is 2.94. The molecular weight excluding hydrogens is 360 g/mol. The zero-order chi connectivity index (χ0) is 16.2. The molecule has 1 N–H and O–H groups in total. The third kappa shape index (κ3) is 4.45. The molecule has 2 aromatic rings. The summed E-state index contributed by atoms with van der Waals surface area (Å²) < 4.78 is 31.7. The van der Waals surface area contributed by atoms with Crippen LogP contribution in [0.1, 0.15) is 18.2 Å². The Bertz CT molecular complexity index is 663. The van der Waals surface area contributed by atoms with Crippen LogP contribution in [0.5, 0.6) is 0 Å². The third-order valence-electron chi connectivity index (χ3n) is 2.59. The molecule has 116 valence electrons. The summed E-state index contributed by atoms with van der Waals surface area (Å²) in [5, 5.41) is 2.21. The van der Waals surface area contributed by atoms with Crippen LogP contribution in [-0.4, -0.2) is 16.1 Å².